The second kappa shape index (κ2) is 5.91. The summed E-state index contributed by atoms with van der Waals surface area (Å²) in [5.41, 5.74) is 3.58. The van der Waals surface area contributed by atoms with E-state index >= 15 is 0 Å². The van der Waals surface area contributed by atoms with Crippen LogP contribution < -0.4 is 16.0 Å². The molecular formula is C12H12Cl2N2OS. The molecule has 0 saturated heterocycles. The summed E-state index contributed by atoms with van der Waals surface area (Å²) in [4.78, 5) is 0.962. The quantitative estimate of drug-likeness (QED) is 0.670. The third-order valence-electron chi connectivity index (χ3n) is 2.60. The number of hydrazine groups is 1. The van der Waals surface area contributed by atoms with Gasteiger partial charge < -0.3 is 4.74 Å². The highest BCUT2D eigenvalue weighted by molar-refractivity contribution is 7.10. The van der Waals surface area contributed by atoms with E-state index in [9.17, 15) is 0 Å². The molecule has 3 N–H and O–H groups in total. The normalized spacial score (nSPS) is 12.4. The summed E-state index contributed by atoms with van der Waals surface area (Å²) in [6.07, 6.45) is 0. The number of benzene rings is 1. The zero-order chi connectivity index (χ0) is 13.1. The molecule has 0 aliphatic heterocycles. The number of nitrogens with two attached hydrogens (primary N) is 1. The van der Waals surface area contributed by atoms with Crippen LogP contribution >= 0.6 is 34.5 Å². The molecular weight excluding hydrogens is 291 g/mol. The first-order chi connectivity index (χ1) is 8.69. The lowest BCUT2D eigenvalue weighted by atomic mass is 10.1. The van der Waals surface area contributed by atoms with Gasteiger partial charge in [-0.25, -0.2) is 5.43 Å². The predicted octanol–water partition coefficient (Wildman–Crippen LogP) is 3.62. The van der Waals surface area contributed by atoms with E-state index in [1.165, 1.54) is 0 Å². The molecule has 0 bridgehead atoms. The van der Waals surface area contributed by atoms with E-state index in [0.29, 0.717) is 10.0 Å². The molecule has 1 aromatic carbocycles. The molecule has 96 valence electrons. The van der Waals surface area contributed by atoms with Crippen LogP contribution in [0.1, 0.15) is 16.5 Å². The summed E-state index contributed by atoms with van der Waals surface area (Å²) in [5.74, 6) is 6.41. The Balaban J connectivity index is 2.49. The number of ether oxygens (including phenoxy) is 1. The maximum Gasteiger partial charge on any atom is 0.134 e. The van der Waals surface area contributed by atoms with Crippen LogP contribution in [0.2, 0.25) is 10.0 Å². The third-order valence-corrected chi connectivity index (χ3v) is 4.40. The van der Waals surface area contributed by atoms with Crippen molar-refractivity contribution in [2.24, 2.45) is 5.84 Å². The fraction of sp³-hybridized carbons (Fsp3) is 0.167. The average Bonchev–Trinajstić information content (AvgIpc) is 2.83. The van der Waals surface area contributed by atoms with Crippen molar-refractivity contribution >= 4 is 34.5 Å². The summed E-state index contributed by atoms with van der Waals surface area (Å²) in [6.45, 7) is 0. The minimum atomic E-state index is -0.244. The standard InChI is InChI=1S/C12H12Cl2N2OS/c1-17-9-5-6-18-12(9)11(16-15)7-3-2-4-8(13)10(7)14/h2-6,11,16H,15H2,1H3. The van der Waals surface area contributed by atoms with Crippen LogP contribution in [-0.4, -0.2) is 7.11 Å². The maximum atomic E-state index is 6.22. The molecule has 2 rings (SSSR count). The van der Waals surface area contributed by atoms with Crippen LogP contribution in [0.25, 0.3) is 0 Å². The van der Waals surface area contributed by atoms with Gasteiger partial charge in [-0.15, -0.1) is 11.3 Å². The monoisotopic (exact) mass is 302 g/mol. The Bertz CT molecular complexity index is 545. The van der Waals surface area contributed by atoms with Crippen molar-refractivity contribution in [3.8, 4) is 5.75 Å². The first-order valence-electron chi connectivity index (χ1n) is 5.20. The number of methoxy groups -OCH3 is 1. The van der Waals surface area contributed by atoms with Crippen molar-refractivity contribution in [3.05, 3.63) is 50.1 Å². The van der Waals surface area contributed by atoms with Gasteiger partial charge in [-0.1, -0.05) is 35.3 Å². The van der Waals surface area contributed by atoms with Crippen LogP contribution in [0.4, 0.5) is 0 Å². The number of nitrogens with one attached hydrogen (secondary N) is 1. The molecule has 1 heterocycles. The highest BCUT2D eigenvalue weighted by Gasteiger charge is 2.21. The van der Waals surface area contributed by atoms with E-state index in [1.807, 2.05) is 23.6 Å². The molecule has 0 aliphatic rings. The molecule has 2 aromatic rings. The Hall–Kier alpha value is -0.780. The van der Waals surface area contributed by atoms with Gasteiger partial charge in [0, 0.05) is 0 Å². The van der Waals surface area contributed by atoms with E-state index in [4.69, 9.17) is 33.8 Å². The van der Waals surface area contributed by atoms with Crippen molar-refractivity contribution in [2.45, 2.75) is 6.04 Å². The molecule has 0 saturated carbocycles. The molecule has 0 spiro atoms. The predicted molar refractivity (Wildman–Crippen MR) is 76.5 cm³/mol. The lowest BCUT2D eigenvalue weighted by Crippen LogP contribution is -2.28. The molecule has 0 aliphatic carbocycles. The molecule has 1 atom stereocenters. The molecule has 6 heteroatoms. The van der Waals surface area contributed by atoms with Gasteiger partial charge in [-0.3, -0.25) is 5.84 Å². The van der Waals surface area contributed by atoms with Gasteiger partial charge >= 0.3 is 0 Å². The minimum absolute atomic E-state index is 0.244. The average molecular weight is 303 g/mol. The second-order valence-corrected chi connectivity index (χ2v) is 5.33. The third kappa shape index (κ3) is 2.48. The first-order valence-corrected chi connectivity index (χ1v) is 6.84. The van der Waals surface area contributed by atoms with Gasteiger partial charge in [0.1, 0.15) is 5.75 Å². The fourth-order valence-corrected chi connectivity index (χ4v) is 3.09. The van der Waals surface area contributed by atoms with Crippen molar-refractivity contribution in [3.63, 3.8) is 0 Å². The molecule has 1 aromatic heterocycles. The largest absolute Gasteiger partial charge is 0.496 e. The van der Waals surface area contributed by atoms with Gasteiger partial charge in [-0.05, 0) is 23.1 Å². The van der Waals surface area contributed by atoms with Gasteiger partial charge in [0.05, 0.1) is 28.1 Å². The van der Waals surface area contributed by atoms with Gasteiger partial charge in [0.2, 0.25) is 0 Å². The minimum Gasteiger partial charge on any atom is -0.496 e. The van der Waals surface area contributed by atoms with E-state index in [-0.39, 0.29) is 6.04 Å². The van der Waals surface area contributed by atoms with Crippen LogP contribution in [0.15, 0.2) is 29.6 Å². The van der Waals surface area contributed by atoms with Crippen LogP contribution in [0, 0.1) is 0 Å². The number of thiophene rings is 1. The number of halogens is 2. The number of hydrogen-bond acceptors (Lipinski definition) is 4. The Kier molecular flexibility index (Phi) is 4.48. The van der Waals surface area contributed by atoms with Crippen LogP contribution in [-0.2, 0) is 0 Å². The Morgan fingerprint density at radius 2 is 2.11 bits per heavy atom. The number of hydrogen-bond donors (Lipinski definition) is 2. The molecule has 18 heavy (non-hydrogen) atoms. The topological polar surface area (TPSA) is 47.3 Å². The second-order valence-electron chi connectivity index (χ2n) is 3.60. The molecule has 1 unspecified atom stereocenters. The van der Waals surface area contributed by atoms with Crippen molar-refractivity contribution in [1.29, 1.82) is 0 Å². The lowest BCUT2D eigenvalue weighted by Gasteiger charge is -2.18. The van der Waals surface area contributed by atoms with Crippen LogP contribution in [0.3, 0.4) is 0 Å². The zero-order valence-corrected chi connectivity index (χ0v) is 11.9. The van der Waals surface area contributed by atoms with Gasteiger partial charge in [-0.2, -0.15) is 0 Å². The van der Waals surface area contributed by atoms with Crippen LogP contribution in [0.5, 0.6) is 5.75 Å². The summed E-state index contributed by atoms with van der Waals surface area (Å²) < 4.78 is 5.30. The maximum absolute atomic E-state index is 6.22. The highest BCUT2D eigenvalue weighted by atomic mass is 35.5. The Labute approximate surface area is 119 Å². The summed E-state index contributed by atoms with van der Waals surface area (Å²) >= 11 is 13.8. The zero-order valence-electron chi connectivity index (χ0n) is 9.61. The smallest absolute Gasteiger partial charge is 0.134 e. The van der Waals surface area contributed by atoms with E-state index in [1.54, 1.807) is 24.5 Å². The van der Waals surface area contributed by atoms with Gasteiger partial charge in [0.15, 0.2) is 0 Å². The van der Waals surface area contributed by atoms with Gasteiger partial charge in [0.25, 0.3) is 0 Å². The number of rotatable bonds is 4. The highest BCUT2D eigenvalue weighted by Crippen LogP contribution is 2.38. The van der Waals surface area contributed by atoms with E-state index in [0.717, 1.165) is 16.2 Å². The molecule has 0 amide bonds. The summed E-state index contributed by atoms with van der Waals surface area (Å²) in [7, 11) is 1.62. The van der Waals surface area contributed by atoms with E-state index in [2.05, 4.69) is 5.43 Å². The lowest BCUT2D eigenvalue weighted by molar-refractivity contribution is 0.408. The first kappa shape index (κ1) is 13.6. The SMILES string of the molecule is COc1ccsc1C(NN)c1cccc(Cl)c1Cl. The molecule has 3 nitrogen and oxygen atoms in total. The van der Waals surface area contributed by atoms with Crippen molar-refractivity contribution in [2.75, 3.05) is 7.11 Å². The summed E-state index contributed by atoms with van der Waals surface area (Å²) in [6, 6.07) is 7.12. The summed E-state index contributed by atoms with van der Waals surface area (Å²) in [5, 5.41) is 2.94. The fourth-order valence-electron chi connectivity index (χ4n) is 1.74. The molecule has 0 fully saturated rings. The molecule has 0 radical (unpaired) electrons. The van der Waals surface area contributed by atoms with E-state index < -0.39 is 0 Å². The van der Waals surface area contributed by atoms with Crippen molar-refractivity contribution in [1.82, 2.24) is 5.43 Å². The Morgan fingerprint density at radius 1 is 1.33 bits per heavy atom. The van der Waals surface area contributed by atoms with Crippen molar-refractivity contribution < 1.29 is 4.74 Å². The Morgan fingerprint density at radius 3 is 2.78 bits per heavy atom.